The maximum Gasteiger partial charge on any atom is 0.248 e. The first-order valence-electron chi connectivity index (χ1n) is 6.96. The molecule has 0 saturated carbocycles. The summed E-state index contributed by atoms with van der Waals surface area (Å²) in [5.74, 6) is 1.08. The molecule has 0 aliphatic heterocycles. The second-order valence-electron chi connectivity index (χ2n) is 4.88. The van der Waals surface area contributed by atoms with Crippen LogP contribution in [0.4, 0.5) is 5.69 Å². The van der Waals surface area contributed by atoms with Crippen LogP contribution in [0.2, 0.25) is 5.02 Å². The van der Waals surface area contributed by atoms with Gasteiger partial charge in [-0.15, -0.1) is 0 Å². The summed E-state index contributed by atoms with van der Waals surface area (Å²) < 4.78 is 10.7. The van der Waals surface area contributed by atoms with Gasteiger partial charge in [-0.25, -0.2) is 0 Å². The second-order valence-corrected chi connectivity index (χ2v) is 5.32. The number of fused-ring (bicyclic) bond motifs is 1. The molecule has 1 N–H and O–H groups in total. The highest BCUT2D eigenvalue weighted by Gasteiger charge is 2.03. The quantitative estimate of drug-likeness (QED) is 0.704. The molecule has 0 aliphatic rings. The monoisotopic (exact) mass is 327 g/mol. The molecular weight excluding hydrogens is 314 g/mol. The van der Waals surface area contributed by atoms with Gasteiger partial charge in [0.15, 0.2) is 0 Å². The minimum absolute atomic E-state index is 0.242. The molecule has 1 amide bonds. The number of amides is 1. The smallest absolute Gasteiger partial charge is 0.248 e. The number of hydrogen-bond acceptors (Lipinski definition) is 3. The first kappa shape index (κ1) is 15.2. The van der Waals surface area contributed by atoms with Gasteiger partial charge in [-0.1, -0.05) is 11.6 Å². The van der Waals surface area contributed by atoms with Gasteiger partial charge in [0.1, 0.15) is 17.1 Å². The summed E-state index contributed by atoms with van der Waals surface area (Å²) >= 11 is 5.93. The molecule has 5 heteroatoms. The summed E-state index contributed by atoms with van der Waals surface area (Å²) in [6, 6.07) is 14.3. The fraction of sp³-hybridized carbons (Fsp3) is 0.0556. The van der Waals surface area contributed by atoms with E-state index in [1.807, 2.05) is 12.1 Å². The Morgan fingerprint density at radius 3 is 2.70 bits per heavy atom. The van der Waals surface area contributed by atoms with Crippen LogP contribution in [0, 0.1) is 0 Å². The zero-order valence-electron chi connectivity index (χ0n) is 12.4. The highest BCUT2D eigenvalue weighted by atomic mass is 35.5. The van der Waals surface area contributed by atoms with Gasteiger partial charge < -0.3 is 14.5 Å². The molecule has 0 bridgehead atoms. The number of methoxy groups -OCH3 is 1. The van der Waals surface area contributed by atoms with Crippen molar-refractivity contribution in [3.05, 3.63) is 65.4 Å². The van der Waals surface area contributed by atoms with E-state index in [-0.39, 0.29) is 5.91 Å². The lowest BCUT2D eigenvalue weighted by atomic mass is 10.2. The predicted molar refractivity (Wildman–Crippen MR) is 91.9 cm³/mol. The summed E-state index contributed by atoms with van der Waals surface area (Å²) in [6.07, 6.45) is 3.04. The maximum atomic E-state index is 11.9. The molecule has 3 rings (SSSR count). The average Bonchev–Trinajstić information content (AvgIpc) is 2.95. The number of carbonyl (C=O) groups excluding carboxylic acids is 1. The Hall–Kier alpha value is -2.72. The van der Waals surface area contributed by atoms with E-state index in [9.17, 15) is 4.79 Å². The van der Waals surface area contributed by atoms with Crippen LogP contribution in [-0.4, -0.2) is 13.0 Å². The minimum Gasteiger partial charge on any atom is -0.497 e. The number of hydrogen-bond donors (Lipinski definition) is 1. The molecule has 0 atom stereocenters. The van der Waals surface area contributed by atoms with Crippen molar-refractivity contribution in [3.63, 3.8) is 0 Å². The molecule has 0 saturated heterocycles. The lowest BCUT2D eigenvalue weighted by molar-refractivity contribution is -0.111. The number of anilines is 1. The van der Waals surface area contributed by atoms with E-state index in [0.29, 0.717) is 16.5 Å². The van der Waals surface area contributed by atoms with Crippen molar-refractivity contribution in [2.45, 2.75) is 0 Å². The van der Waals surface area contributed by atoms with Crippen LogP contribution in [0.15, 0.2) is 59.0 Å². The van der Waals surface area contributed by atoms with Gasteiger partial charge in [0.2, 0.25) is 5.91 Å². The van der Waals surface area contributed by atoms with Crippen LogP contribution in [0.3, 0.4) is 0 Å². The van der Waals surface area contributed by atoms with Gasteiger partial charge in [0.25, 0.3) is 0 Å². The van der Waals surface area contributed by atoms with Gasteiger partial charge in [-0.2, -0.15) is 0 Å². The molecule has 0 fully saturated rings. The number of halogens is 1. The van der Waals surface area contributed by atoms with Crippen molar-refractivity contribution in [2.75, 3.05) is 12.4 Å². The third-order valence-electron chi connectivity index (χ3n) is 3.25. The summed E-state index contributed by atoms with van der Waals surface area (Å²) in [5, 5.41) is 4.30. The summed E-state index contributed by atoms with van der Waals surface area (Å²) in [5.41, 5.74) is 1.42. The molecule has 0 unspecified atom stereocenters. The van der Waals surface area contributed by atoms with Gasteiger partial charge in [0, 0.05) is 22.2 Å². The van der Waals surface area contributed by atoms with Crippen LogP contribution in [0.5, 0.6) is 5.75 Å². The van der Waals surface area contributed by atoms with Crippen molar-refractivity contribution < 1.29 is 13.9 Å². The van der Waals surface area contributed by atoms with Gasteiger partial charge in [-0.3, -0.25) is 4.79 Å². The summed E-state index contributed by atoms with van der Waals surface area (Å²) in [6.45, 7) is 0. The normalized spacial score (nSPS) is 11.0. The first-order chi connectivity index (χ1) is 11.1. The molecule has 116 valence electrons. The highest BCUT2D eigenvalue weighted by Crippen LogP contribution is 2.23. The summed E-state index contributed by atoms with van der Waals surface area (Å²) in [7, 11) is 1.59. The van der Waals surface area contributed by atoms with Gasteiger partial charge in [0.05, 0.1) is 7.11 Å². The SMILES string of the molecule is COc1ccc(NC(=O)C=Cc2cc3cc(Cl)ccc3o2)cc1. The molecule has 23 heavy (non-hydrogen) atoms. The Bertz CT molecular complexity index is 866. The molecule has 0 aliphatic carbocycles. The summed E-state index contributed by atoms with van der Waals surface area (Å²) in [4.78, 5) is 11.9. The Balaban J connectivity index is 1.68. The van der Waals surface area contributed by atoms with Crippen LogP contribution in [0.25, 0.3) is 17.0 Å². The van der Waals surface area contributed by atoms with Gasteiger partial charge in [-0.05, 0) is 54.6 Å². The predicted octanol–water partition coefficient (Wildman–Crippen LogP) is 4.75. The fourth-order valence-electron chi connectivity index (χ4n) is 2.13. The molecular formula is C18H14ClNO3. The minimum atomic E-state index is -0.242. The van der Waals surface area contributed by atoms with Crippen molar-refractivity contribution in [3.8, 4) is 5.75 Å². The third kappa shape index (κ3) is 3.73. The van der Waals surface area contributed by atoms with E-state index < -0.39 is 0 Å². The van der Waals surface area contributed by atoms with Crippen molar-refractivity contribution >= 4 is 40.2 Å². The van der Waals surface area contributed by atoms with Crippen LogP contribution in [-0.2, 0) is 4.79 Å². The number of furan rings is 1. The van der Waals surface area contributed by atoms with Gasteiger partial charge >= 0.3 is 0 Å². The van der Waals surface area contributed by atoms with Crippen molar-refractivity contribution in [1.82, 2.24) is 0 Å². The van der Waals surface area contributed by atoms with Crippen LogP contribution >= 0.6 is 11.6 Å². The number of benzene rings is 2. The molecule has 1 aromatic heterocycles. The lowest BCUT2D eigenvalue weighted by Crippen LogP contribution is -2.07. The number of carbonyl (C=O) groups is 1. The van der Waals surface area contributed by atoms with Crippen LogP contribution in [0.1, 0.15) is 5.76 Å². The Morgan fingerprint density at radius 2 is 1.96 bits per heavy atom. The van der Waals surface area contributed by atoms with E-state index in [1.165, 1.54) is 6.08 Å². The fourth-order valence-corrected chi connectivity index (χ4v) is 2.31. The highest BCUT2D eigenvalue weighted by molar-refractivity contribution is 6.31. The topological polar surface area (TPSA) is 51.5 Å². The van der Waals surface area contributed by atoms with E-state index in [1.54, 1.807) is 49.6 Å². The first-order valence-corrected chi connectivity index (χ1v) is 7.34. The second kappa shape index (κ2) is 6.58. The molecule has 1 heterocycles. The third-order valence-corrected chi connectivity index (χ3v) is 3.49. The van der Waals surface area contributed by atoms with Crippen molar-refractivity contribution in [1.29, 1.82) is 0 Å². The number of nitrogens with one attached hydrogen (secondary N) is 1. The maximum absolute atomic E-state index is 11.9. The Kier molecular flexibility index (Phi) is 4.35. The van der Waals surface area contributed by atoms with E-state index in [2.05, 4.69) is 5.32 Å². The average molecular weight is 328 g/mol. The molecule has 2 aromatic carbocycles. The van der Waals surface area contributed by atoms with Crippen LogP contribution < -0.4 is 10.1 Å². The number of ether oxygens (including phenoxy) is 1. The molecule has 3 aromatic rings. The molecule has 0 spiro atoms. The van der Waals surface area contributed by atoms with E-state index in [0.717, 1.165) is 16.7 Å². The standard InChI is InChI=1S/C18H14ClNO3/c1-22-15-5-3-14(4-6-15)20-18(21)9-7-16-11-12-10-13(19)2-8-17(12)23-16/h2-11H,1H3,(H,20,21). The Labute approximate surface area is 138 Å². The zero-order valence-corrected chi connectivity index (χ0v) is 13.1. The largest absolute Gasteiger partial charge is 0.497 e. The van der Waals surface area contributed by atoms with Crippen molar-refractivity contribution in [2.24, 2.45) is 0 Å². The van der Waals surface area contributed by atoms with E-state index >= 15 is 0 Å². The molecule has 4 nitrogen and oxygen atoms in total. The lowest BCUT2D eigenvalue weighted by Gasteiger charge is -2.03. The number of rotatable bonds is 4. The zero-order chi connectivity index (χ0) is 16.2. The van der Waals surface area contributed by atoms with E-state index in [4.69, 9.17) is 20.8 Å². The molecule has 0 radical (unpaired) electrons. The Morgan fingerprint density at radius 1 is 1.17 bits per heavy atom.